The molecule has 2 aromatic heterocycles. The van der Waals surface area contributed by atoms with Gasteiger partial charge >= 0.3 is 0 Å². The van der Waals surface area contributed by atoms with E-state index in [1.165, 1.54) is 6.33 Å². The quantitative estimate of drug-likeness (QED) is 0.784. The van der Waals surface area contributed by atoms with Gasteiger partial charge < -0.3 is 11.1 Å². The monoisotopic (exact) mass is 282 g/mol. The third-order valence-electron chi connectivity index (χ3n) is 1.98. The third kappa shape index (κ3) is 2.69. The van der Waals surface area contributed by atoms with Gasteiger partial charge in [-0.2, -0.15) is 5.10 Å². The highest BCUT2D eigenvalue weighted by atomic mass is 79.9. The van der Waals surface area contributed by atoms with Gasteiger partial charge in [-0.15, -0.1) is 0 Å². The first-order chi connectivity index (χ1) is 7.75. The number of rotatable bonds is 4. The summed E-state index contributed by atoms with van der Waals surface area (Å²) in [5.41, 5.74) is 6.22. The highest BCUT2D eigenvalue weighted by Gasteiger charge is 2.01. The molecule has 0 aliphatic heterocycles. The standard InChI is InChI=1S/C9H11BrN6/c10-7-3-6(11)4-13-9(7)12-2-1-8-14-5-15-16-8/h3-5H,1-2,11H2,(H,12,13)(H,14,15,16). The number of nitrogens with zero attached hydrogens (tertiary/aromatic N) is 3. The van der Waals surface area contributed by atoms with Crippen molar-refractivity contribution >= 4 is 27.4 Å². The Hall–Kier alpha value is -1.63. The fourth-order valence-electron chi connectivity index (χ4n) is 1.23. The smallest absolute Gasteiger partial charge is 0.140 e. The lowest BCUT2D eigenvalue weighted by atomic mass is 10.4. The van der Waals surface area contributed by atoms with E-state index in [0.29, 0.717) is 5.69 Å². The number of nitrogens with two attached hydrogens (primary N) is 1. The van der Waals surface area contributed by atoms with Gasteiger partial charge in [0, 0.05) is 13.0 Å². The van der Waals surface area contributed by atoms with Crippen LogP contribution in [0.4, 0.5) is 11.5 Å². The van der Waals surface area contributed by atoms with Crippen molar-refractivity contribution in [3.8, 4) is 0 Å². The molecule has 0 unspecified atom stereocenters. The minimum absolute atomic E-state index is 0.632. The third-order valence-corrected chi connectivity index (χ3v) is 2.59. The van der Waals surface area contributed by atoms with Crippen LogP contribution in [0, 0.1) is 0 Å². The average molecular weight is 283 g/mol. The molecule has 0 fully saturated rings. The topological polar surface area (TPSA) is 92.5 Å². The fourth-order valence-corrected chi connectivity index (χ4v) is 1.74. The summed E-state index contributed by atoms with van der Waals surface area (Å²) in [5, 5.41) is 9.74. The van der Waals surface area contributed by atoms with Gasteiger partial charge in [0.15, 0.2) is 0 Å². The first-order valence-corrected chi connectivity index (χ1v) is 5.54. The summed E-state index contributed by atoms with van der Waals surface area (Å²) in [5.74, 6) is 1.62. The summed E-state index contributed by atoms with van der Waals surface area (Å²) >= 11 is 3.39. The Balaban J connectivity index is 1.90. The lowest BCUT2D eigenvalue weighted by Crippen LogP contribution is -2.08. The largest absolute Gasteiger partial charge is 0.397 e. The summed E-state index contributed by atoms with van der Waals surface area (Å²) in [4.78, 5) is 8.19. The molecule has 6 nitrogen and oxygen atoms in total. The van der Waals surface area contributed by atoms with Gasteiger partial charge in [0.05, 0.1) is 16.4 Å². The SMILES string of the molecule is Nc1cnc(NCCc2ncn[nH]2)c(Br)c1. The van der Waals surface area contributed by atoms with Crippen LogP contribution in [0.5, 0.6) is 0 Å². The van der Waals surface area contributed by atoms with E-state index in [2.05, 4.69) is 41.4 Å². The van der Waals surface area contributed by atoms with Gasteiger partial charge in [-0.1, -0.05) is 0 Å². The van der Waals surface area contributed by atoms with Crippen LogP contribution in [-0.2, 0) is 6.42 Å². The number of hydrogen-bond acceptors (Lipinski definition) is 5. The second-order valence-electron chi connectivity index (χ2n) is 3.21. The summed E-state index contributed by atoms with van der Waals surface area (Å²) in [7, 11) is 0. The van der Waals surface area contributed by atoms with E-state index in [-0.39, 0.29) is 0 Å². The maximum absolute atomic E-state index is 5.59. The number of aromatic amines is 1. The Morgan fingerprint density at radius 1 is 1.44 bits per heavy atom. The Morgan fingerprint density at radius 2 is 2.31 bits per heavy atom. The highest BCUT2D eigenvalue weighted by Crippen LogP contribution is 2.21. The van der Waals surface area contributed by atoms with Crippen molar-refractivity contribution in [1.82, 2.24) is 20.2 Å². The van der Waals surface area contributed by atoms with Crippen LogP contribution in [0.3, 0.4) is 0 Å². The zero-order valence-corrected chi connectivity index (χ0v) is 10.0. The molecule has 0 aliphatic carbocycles. The van der Waals surface area contributed by atoms with Gasteiger partial charge in [0.1, 0.15) is 18.0 Å². The number of hydrogen-bond donors (Lipinski definition) is 3. The van der Waals surface area contributed by atoms with Gasteiger partial charge in [0.25, 0.3) is 0 Å². The van der Waals surface area contributed by atoms with E-state index < -0.39 is 0 Å². The molecule has 0 bridgehead atoms. The molecule has 0 amide bonds. The number of halogens is 1. The van der Waals surface area contributed by atoms with Crippen molar-refractivity contribution in [2.75, 3.05) is 17.6 Å². The van der Waals surface area contributed by atoms with Crippen LogP contribution in [0.2, 0.25) is 0 Å². The van der Waals surface area contributed by atoms with Gasteiger partial charge in [-0.05, 0) is 22.0 Å². The average Bonchev–Trinajstić information content (AvgIpc) is 2.74. The van der Waals surface area contributed by atoms with Crippen molar-refractivity contribution in [3.05, 3.63) is 28.9 Å². The lowest BCUT2D eigenvalue weighted by molar-refractivity contribution is 0.896. The molecule has 0 aliphatic rings. The zero-order valence-electron chi connectivity index (χ0n) is 8.44. The molecule has 2 aromatic rings. The number of aromatic nitrogens is 4. The first-order valence-electron chi connectivity index (χ1n) is 4.75. The zero-order chi connectivity index (χ0) is 11.4. The van der Waals surface area contributed by atoms with Crippen LogP contribution in [0.25, 0.3) is 0 Å². The van der Waals surface area contributed by atoms with Gasteiger partial charge in [0.2, 0.25) is 0 Å². The Labute approximate surface area is 101 Å². The van der Waals surface area contributed by atoms with Crippen LogP contribution in [-0.4, -0.2) is 26.7 Å². The predicted molar refractivity (Wildman–Crippen MR) is 64.9 cm³/mol. The van der Waals surface area contributed by atoms with Crippen molar-refractivity contribution in [3.63, 3.8) is 0 Å². The number of anilines is 2. The van der Waals surface area contributed by atoms with Gasteiger partial charge in [-0.3, -0.25) is 5.10 Å². The molecule has 16 heavy (non-hydrogen) atoms. The molecule has 84 valence electrons. The molecule has 2 rings (SSSR count). The molecular weight excluding hydrogens is 272 g/mol. The van der Waals surface area contributed by atoms with E-state index in [1.54, 1.807) is 6.20 Å². The fraction of sp³-hybridized carbons (Fsp3) is 0.222. The Kier molecular flexibility index (Phi) is 3.35. The van der Waals surface area contributed by atoms with E-state index in [0.717, 1.165) is 29.1 Å². The first kappa shape index (κ1) is 10.9. The molecule has 4 N–H and O–H groups in total. The van der Waals surface area contributed by atoms with E-state index in [9.17, 15) is 0 Å². The van der Waals surface area contributed by atoms with Crippen molar-refractivity contribution in [2.45, 2.75) is 6.42 Å². The molecule has 0 spiro atoms. The molecule has 7 heteroatoms. The Bertz CT molecular complexity index is 455. The minimum Gasteiger partial charge on any atom is -0.397 e. The Morgan fingerprint density at radius 3 is 3.00 bits per heavy atom. The molecular formula is C9H11BrN6. The number of pyridine rings is 1. The number of nitrogens with one attached hydrogen (secondary N) is 2. The highest BCUT2D eigenvalue weighted by molar-refractivity contribution is 9.10. The molecule has 0 radical (unpaired) electrons. The molecule has 0 aromatic carbocycles. The number of nitrogen functional groups attached to an aromatic ring is 1. The number of H-pyrrole nitrogens is 1. The van der Waals surface area contributed by atoms with Crippen LogP contribution in [0.1, 0.15) is 5.82 Å². The normalized spacial score (nSPS) is 10.3. The summed E-state index contributed by atoms with van der Waals surface area (Å²) in [6.07, 6.45) is 3.87. The van der Waals surface area contributed by atoms with Crippen molar-refractivity contribution < 1.29 is 0 Å². The molecule has 0 saturated carbocycles. The second-order valence-corrected chi connectivity index (χ2v) is 4.06. The lowest BCUT2D eigenvalue weighted by Gasteiger charge is -2.06. The maximum atomic E-state index is 5.59. The molecule has 2 heterocycles. The van der Waals surface area contributed by atoms with E-state index >= 15 is 0 Å². The molecule has 0 saturated heterocycles. The summed E-state index contributed by atoms with van der Waals surface area (Å²) in [6, 6.07) is 1.81. The van der Waals surface area contributed by atoms with E-state index in [4.69, 9.17) is 5.73 Å². The van der Waals surface area contributed by atoms with Crippen LogP contribution >= 0.6 is 15.9 Å². The minimum atomic E-state index is 0.632. The van der Waals surface area contributed by atoms with Crippen LogP contribution < -0.4 is 11.1 Å². The molecule has 0 atom stereocenters. The van der Waals surface area contributed by atoms with Crippen molar-refractivity contribution in [2.24, 2.45) is 0 Å². The van der Waals surface area contributed by atoms with Crippen LogP contribution in [0.15, 0.2) is 23.1 Å². The van der Waals surface area contributed by atoms with Gasteiger partial charge in [-0.25, -0.2) is 9.97 Å². The second kappa shape index (κ2) is 4.93. The summed E-state index contributed by atoms with van der Waals surface area (Å²) < 4.78 is 0.852. The van der Waals surface area contributed by atoms with Crippen molar-refractivity contribution in [1.29, 1.82) is 0 Å². The van der Waals surface area contributed by atoms with E-state index in [1.807, 2.05) is 6.07 Å². The maximum Gasteiger partial charge on any atom is 0.140 e. The summed E-state index contributed by atoms with van der Waals surface area (Å²) in [6.45, 7) is 0.727. The predicted octanol–water partition coefficient (Wildman–Crippen LogP) is 1.20.